The molecular formula is C18H14N2O5. The number of H-pyrrole nitrogens is 1. The van der Waals surface area contributed by atoms with Crippen molar-refractivity contribution in [2.75, 3.05) is 7.11 Å². The van der Waals surface area contributed by atoms with Crippen LogP contribution in [0.2, 0.25) is 0 Å². The molecule has 2 N–H and O–H groups in total. The van der Waals surface area contributed by atoms with Crippen molar-refractivity contribution in [1.82, 2.24) is 9.97 Å². The average molecular weight is 338 g/mol. The van der Waals surface area contributed by atoms with Crippen LogP contribution in [0.15, 0.2) is 47.3 Å². The summed E-state index contributed by atoms with van der Waals surface area (Å²) in [5.41, 5.74) is 0.307. The Morgan fingerprint density at radius 3 is 2.44 bits per heavy atom. The van der Waals surface area contributed by atoms with E-state index in [1.54, 1.807) is 24.3 Å². The zero-order valence-corrected chi connectivity index (χ0v) is 13.3. The number of hydrogen-bond donors (Lipinski definition) is 2. The molecule has 0 bridgehead atoms. The van der Waals surface area contributed by atoms with Crippen molar-refractivity contribution in [3.05, 3.63) is 69.8 Å². The number of carboxylic acids is 1. The van der Waals surface area contributed by atoms with Crippen LogP contribution in [-0.4, -0.2) is 33.9 Å². The molecule has 25 heavy (non-hydrogen) atoms. The molecule has 0 saturated carbocycles. The van der Waals surface area contributed by atoms with Crippen molar-refractivity contribution in [3.8, 4) is 5.75 Å². The Morgan fingerprint density at radius 2 is 1.80 bits per heavy atom. The highest BCUT2D eigenvalue weighted by Gasteiger charge is 2.12. The van der Waals surface area contributed by atoms with Gasteiger partial charge in [-0.2, -0.15) is 0 Å². The molecule has 0 fully saturated rings. The summed E-state index contributed by atoms with van der Waals surface area (Å²) in [6.45, 7) is 0. The molecule has 126 valence electrons. The lowest BCUT2D eigenvalue weighted by Crippen LogP contribution is -2.15. The minimum absolute atomic E-state index is 0.0260. The highest BCUT2D eigenvalue weighted by atomic mass is 16.5. The van der Waals surface area contributed by atoms with Crippen LogP contribution in [0.1, 0.15) is 26.5 Å². The average Bonchev–Trinajstić information content (AvgIpc) is 2.61. The van der Waals surface area contributed by atoms with Crippen molar-refractivity contribution in [2.24, 2.45) is 0 Å². The van der Waals surface area contributed by atoms with Crippen molar-refractivity contribution in [1.29, 1.82) is 0 Å². The number of rotatable bonds is 5. The van der Waals surface area contributed by atoms with Gasteiger partial charge in [-0.3, -0.25) is 9.59 Å². The molecule has 2 aromatic carbocycles. The largest absolute Gasteiger partial charge is 0.497 e. The number of hydrogen-bond acceptors (Lipinski definition) is 5. The molecule has 0 spiro atoms. The maximum atomic E-state index is 12.3. The molecule has 3 rings (SSSR count). The van der Waals surface area contributed by atoms with Gasteiger partial charge in [-0.25, -0.2) is 9.78 Å². The Hall–Kier alpha value is -3.48. The number of nitrogens with zero attached hydrogens (tertiary/aromatic N) is 1. The van der Waals surface area contributed by atoms with E-state index < -0.39 is 11.5 Å². The van der Waals surface area contributed by atoms with Gasteiger partial charge in [0.25, 0.3) is 5.56 Å². The summed E-state index contributed by atoms with van der Waals surface area (Å²) >= 11 is 0. The van der Waals surface area contributed by atoms with Crippen LogP contribution < -0.4 is 10.3 Å². The first-order chi connectivity index (χ1) is 12.0. The van der Waals surface area contributed by atoms with E-state index in [9.17, 15) is 14.4 Å². The second-order valence-electron chi connectivity index (χ2n) is 5.38. The maximum Gasteiger partial charge on any atom is 0.335 e. The van der Waals surface area contributed by atoms with Gasteiger partial charge in [0.2, 0.25) is 0 Å². The molecule has 1 aromatic heterocycles. The smallest absolute Gasteiger partial charge is 0.335 e. The van der Waals surface area contributed by atoms with Crippen LogP contribution in [0.25, 0.3) is 10.9 Å². The summed E-state index contributed by atoms with van der Waals surface area (Å²) in [5.74, 6) is -0.518. The van der Waals surface area contributed by atoms with Gasteiger partial charge in [-0.15, -0.1) is 0 Å². The summed E-state index contributed by atoms with van der Waals surface area (Å²) in [6, 6.07) is 10.6. The lowest BCUT2D eigenvalue weighted by molar-refractivity contribution is 0.0696. The molecule has 0 atom stereocenters. The molecule has 0 amide bonds. The molecule has 0 aliphatic rings. The minimum atomic E-state index is -1.11. The highest BCUT2D eigenvalue weighted by Crippen LogP contribution is 2.14. The van der Waals surface area contributed by atoms with Crippen LogP contribution in [0, 0.1) is 0 Å². The number of carboxylic acid groups (broad SMARTS) is 1. The van der Waals surface area contributed by atoms with Crippen LogP contribution in [0.4, 0.5) is 0 Å². The van der Waals surface area contributed by atoms with E-state index in [0.717, 1.165) is 0 Å². The molecule has 1 heterocycles. The first-order valence-electron chi connectivity index (χ1n) is 7.41. The Morgan fingerprint density at radius 1 is 1.12 bits per heavy atom. The topological polar surface area (TPSA) is 109 Å². The van der Waals surface area contributed by atoms with Gasteiger partial charge >= 0.3 is 5.97 Å². The summed E-state index contributed by atoms with van der Waals surface area (Å²) in [7, 11) is 1.53. The molecule has 0 aliphatic carbocycles. The van der Waals surface area contributed by atoms with E-state index in [2.05, 4.69) is 9.97 Å². The SMILES string of the molecule is COc1ccc(C(=O)Cc2nc3cc(C(=O)O)ccc3c(=O)[nH]2)cc1. The lowest BCUT2D eigenvalue weighted by atomic mass is 10.1. The highest BCUT2D eigenvalue weighted by molar-refractivity contribution is 5.97. The Labute approximate surface area is 141 Å². The molecule has 3 aromatic rings. The Balaban J connectivity index is 1.93. The first kappa shape index (κ1) is 16.4. The fourth-order valence-electron chi connectivity index (χ4n) is 2.44. The van der Waals surface area contributed by atoms with Crippen molar-refractivity contribution in [2.45, 2.75) is 6.42 Å². The van der Waals surface area contributed by atoms with E-state index in [-0.39, 0.29) is 34.5 Å². The number of carbonyl (C=O) groups is 2. The molecule has 0 saturated heterocycles. The van der Waals surface area contributed by atoms with Gasteiger partial charge in [0.1, 0.15) is 11.6 Å². The number of nitrogens with one attached hydrogen (secondary N) is 1. The molecule has 0 radical (unpaired) electrons. The molecular weight excluding hydrogens is 324 g/mol. The second kappa shape index (κ2) is 6.56. The van der Waals surface area contributed by atoms with Gasteiger partial charge in [0, 0.05) is 5.56 Å². The van der Waals surface area contributed by atoms with Crippen LogP contribution in [0.5, 0.6) is 5.75 Å². The monoisotopic (exact) mass is 338 g/mol. The number of benzene rings is 2. The number of aromatic nitrogens is 2. The number of ether oxygens (including phenoxy) is 1. The van der Waals surface area contributed by atoms with E-state index in [1.165, 1.54) is 25.3 Å². The first-order valence-corrected chi connectivity index (χ1v) is 7.41. The zero-order valence-electron chi connectivity index (χ0n) is 13.3. The Kier molecular flexibility index (Phi) is 4.30. The third-order valence-corrected chi connectivity index (χ3v) is 3.74. The summed E-state index contributed by atoms with van der Waals surface area (Å²) in [6.07, 6.45) is -0.102. The second-order valence-corrected chi connectivity index (χ2v) is 5.38. The number of Topliss-reactive ketones (excluding diaryl/α,β-unsaturated/α-hetero) is 1. The van der Waals surface area contributed by atoms with Gasteiger partial charge in [0.15, 0.2) is 5.78 Å². The van der Waals surface area contributed by atoms with E-state index in [1.807, 2.05) is 0 Å². The summed E-state index contributed by atoms with van der Waals surface area (Å²) < 4.78 is 5.04. The van der Waals surface area contributed by atoms with Gasteiger partial charge < -0.3 is 14.8 Å². The standard InChI is InChI=1S/C18H14N2O5/c1-25-12-5-2-10(3-6-12)15(21)9-16-19-14-8-11(18(23)24)4-7-13(14)17(22)20-16/h2-8H,9H2,1H3,(H,23,24)(H,19,20,22). The van der Waals surface area contributed by atoms with Crippen molar-refractivity contribution in [3.63, 3.8) is 0 Å². The predicted molar refractivity (Wildman–Crippen MR) is 90.4 cm³/mol. The Bertz CT molecular complexity index is 1020. The van der Waals surface area contributed by atoms with Crippen LogP contribution in [-0.2, 0) is 6.42 Å². The number of aromatic carboxylic acids is 1. The third kappa shape index (κ3) is 3.40. The maximum absolute atomic E-state index is 12.3. The fourth-order valence-corrected chi connectivity index (χ4v) is 2.44. The number of carbonyl (C=O) groups excluding carboxylic acids is 1. The minimum Gasteiger partial charge on any atom is -0.497 e. The van der Waals surface area contributed by atoms with Gasteiger partial charge in [0.05, 0.1) is 30.0 Å². The van der Waals surface area contributed by atoms with E-state index >= 15 is 0 Å². The molecule has 0 unspecified atom stereocenters. The summed E-state index contributed by atoms with van der Waals surface area (Å²) in [4.78, 5) is 42.3. The third-order valence-electron chi connectivity index (χ3n) is 3.74. The van der Waals surface area contributed by atoms with Crippen molar-refractivity contribution >= 4 is 22.7 Å². The number of methoxy groups -OCH3 is 1. The number of ketones is 1. The summed E-state index contributed by atoms with van der Waals surface area (Å²) in [5, 5.41) is 9.31. The van der Waals surface area contributed by atoms with E-state index in [0.29, 0.717) is 11.3 Å². The normalized spacial score (nSPS) is 10.6. The van der Waals surface area contributed by atoms with E-state index in [4.69, 9.17) is 9.84 Å². The molecule has 0 aliphatic heterocycles. The van der Waals surface area contributed by atoms with Gasteiger partial charge in [-0.05, 0) is 42.5 Å². The number of fused-ring (bicyclic) bond motifs is 1. The zero-order chi connectivity index (χ0) is 18.0. The van der Waals surface area contributed by atoms with Crippen molar-refractivity contribution < 1.29 is 19.4 Å². The van der Waals surface area contributed by atoms with Crippen LogP contribution >= 0.6 is 0 Å². The number of aromatic amines is 1. The van der Waals surface area contributed by atoms with Gasteiger partial charge in [-0.1, -0.05) is 0 Å². The quantitative estimate of drug-likeness (QED) is 0.689. The molecule has 7 heteroatoms. The fraction of sp³-hybridized carbons (Fsp3) is 0.111. The van der Waals surface area contributed by atoms with Crippen LogP contribution in [0.3, 0.4) is 0 Å². The predicted octanol–water partition coefficient (Wildman–Crippen LogP) is 2.06. The lowest BCUT2D eigenvalue weighted by Gasteiger charge is -2.05. The molecule has 7 nitrogen and oxygen atoms in total.